The van der Waals surface area contributed by atoms with Crippen molar-refractivity contribution < 1.29 is 0 Å². The van der Waals surface area contributed by atoms with Crippen LogP contribution in [0.5, 0.6) is 0 Å². The second-order valence-corrected chi connectivity index (χ2v) is 6.25. The fraction of sp³-hybridized carbons (Fsp3) is 0.625. The molecule has 0 bridgehead atoms. The van der Waals surface area contributed by atoms with Crippen LogP contribution in [0.1, 0.15) is 37.8 Å². The summed E-state index contributed by atoms with van der Waals surface area (Å²) in [7, 11) is 0. The lowest BCUT2D eigenvalue weighted by Crippen LogP contribution is -2.46. The van der Waals surface area contributed by atoms with Crippen molar-refractivity contribution in [1.82, 2.24) is 5.32 Å². The molecule has 1 saturated heterocycles. The highest BCUT2D eigenvalue weighted by Gasteiger charge is 2.21. The summed E-state index contributed by atoms with van der Waals surface area (Å²) in [5.41, 5.74) is 4.39. The van der Waals surface area contributed by atoms with Crippen molar-refractivity contribution in [2.75, 3.05) is 24.5 Å². The van der Waals surface area contributed by atoms with Gasteiger partial charge in [0, 0.05) is 24.3 Å². The summed E-state index contributed by atoms with van der Waals surface area (Å²) in [6, 6.07) is 6.88. The fourth-order valence-corrected chi connectivity index (χ4v) is 2.70. The molecule has 1 fully saturated rings. The van der Waals surface area contributed by atoms with E-state index in [1.54, 1.807) is 0 Å². The van der Waals surface area contributed by atoms with Crippen LogP contribution in [0.15, 0.2) is 18.2 Å². The highest BCUT2D eigenvalue weighted by Crippen LogP contribution is 2.22. The average molecular weight is 246 g/mol. The molecule has 0 saturated carbocycles. The number of benzene rings is 1. The number of rotatable bonds is 1. The zero-order valence-corrected chi connectivity index (χ0v) is 12.2. The normalized spacial score (nSPS) is 20.3. The third-order valence-electron chi connectivity index (χ3n) is 3.79. The van der Waals surface area contributed by atoms with Crippen molar-refractivity contribution in [3.05, 3.63) is 29.3 Å². The minimum atomic E-state index is 0.261. The van der Waals surface area contributed by atoms with Crippen molar-refractivity contribution >= 4 is 5.69 Å². The van der Waals surface area contributed by atoms with Crippen LogP contribution in [-0.2, 0) is 0 Å². The first kappa shape index (κ1) is 13.4. The molecule has 1 aliphatic rings. The Bertz CT molecular complexity index is 389. The highest BCUT2D eigenvalue weighted by molar-refractivity contribution is 5.51. The van der Waals surface area contributed by atoms with E-state index < -0.39 is 0 Å². The van der Waals surface area contributed by atoms with Gasteiger partial charge in [-0.3, -0.25) is 0 Å². The van der Waals surface area contributed by atoms with E-state index in [4.69, 9.17) is 0 Å². The van der Waals surface area contributed by atoms with Crippen molar-refractivity contribution in [1.29, 1.82) is 0 Å². The first-order valence-electron chi connectivity index (χ1n) is 7.05. The smallest absolute Gasteiger partial charge is 0.0371 e. The number of aryl methyl sites for hydroxylation is 2. The molecule has 1 aliphatic heterocycles. The van der Waals surface area contributed by atoms with Gasteiger partial charge in [0.15, 0.2) is 0 Å². The average Bonchev–Trinajstić information content (AvgIpc) is 2.23. The van der Waals surface area contributed by atoms with Gasteiger partial charge in [-0.15, -0.1) is 0 Å². The van der Waals surface area contributed by atoms with Gasteiger partial charge in [0.05, 0.1) is 0 Å². The van der Waals surface area contributed by atoms with Gasteiger partial charge in [0.2, 0.25) is 0 Å². The van der Waals surface area contributed by atoms with E-state index in [-0.39, 0.29) is 5.54 Å². The van der Waals surface area contributed by atoms with Gasteiger partial charge in [-0.25, -0.2) is 0 Å². The molecule has 1 aromatic rings. The first-order valence-corrected chi connectivity index (χ1v) is 7.05. The summed E-state index contributed by atoms with van der Waals surface area (Å²) in [6.45, 7) is 12.4. The molecule has 0 aromatic heterocycles. The van der Waals surface area contributed by atoms with Crippen LogP contribution in [0.4, 0.5) is 5.69 Å². The van der Waals surface area contributed by atoms with Gasteiger partial charge in [-0.05, 0) is 70.3 Å². The minimum Gasteiger partial charge on any atom is -0.371 e. The van der Waals surface area contributed by atoms with Crippen molar-refractivity contribution in [2.24, 2.45) is 0 Å². The molecule has 0 spiro atoms. The maximum Gasteiger partial charge on any atom is 0.0371 e. The van der Waals surface area contributed by atoms with Crippen molar-refractivity contribution in [2.45, 2.75) is 46.1 Å². The molecule has 0 unspecified atom stereocenters. The van der Waals surface area contributed by atoms with Gasteiger partial charge < -0.3 is 10.2 Å². The number of hydrogen-bond donors (Lipinski definition) is 1. The Labute approximate surface area is 111 Å². The van der Waals surface area contributed by atoms with Crippen LogP contribution in [0.25, 0.3) is 0 Å². The van der Waals surface area contributed by atoms with Gasteiger partial charge >= 0.3 is 0 Å². The second kappa shape index (κ2) is 5.31. The molecule has 2 nitrogen and oxygen atoms in total. The second-order valence-electron chi connectivity index (χ2n) is 6.25. The molecule has 1 aromatic carbocycles. The minimum absolute atomic E-state index is 0.261. The van der Waals surface area contributed by atoms with E-state index in [2.05, 4.69) is 56.1 Å². The van der Waals surface area contributed by atoms with E-state index in [0.717, 1.165) is 19.6 Å². The van der Waals surface area contributed by atoms with E-state index in [1.165, 1.54) is 29.7 Å². The summed E-state index contributed by atoms with van der Waals surface area (Å²) in [6.07, 6.45) is 2.41. The van der Waals surface area contributed by atoms with Crippen LogP contribution in [0.3, 0.4) is 0 Å². The predicted molar refractivity (Wildman–Crippen MR) is 79.4 cm³/mol. The van der Waals surface area contributed by atoms with E-state index in [0.29, 0.717) is 0 Å². The van der Waals surface area contributed by atoms with Crippen molar-refractivity contribution in [3.63, 3.8) is 0 Å². The highest BCUT2D eigenvalue weighted by atomic mass is 15.1. The van der Waals surface area contributed by atoms with E-state index in [1.807, 2.05) is 0 Å². The molecule has 0 amide bonds. The molecule has 100 valence electrons. The molecular formula is C16H26N2. The monoisotopic (exact) mass is 246 g/mol. The molecule has 2 heteroatoms. The van der Waals surface area contributed by atoms with Crippen LogP contribution in [-0.4, -0.2) is 25.2 Å². The summed E-state index contributed by atoms with van der Waals surface area (Å²) in [5.74, 6) is 0. The lowest BCUT2D eigenvalue weighted by molar-refractivity contribution is 0.347. The first-order chi connectivity index (χ1) is 8.46. The quantitative estimate of drug-likeness (QED) is 0.818. The lowest BCUT2D eigenvalue weighted by atomic mass is 9.98. The maximum atomic E-state index is 3.63. The largest absolute Gasteiger partial charge is 0.371 e. The number of nitrogens with one attached hydrogen (secondary N) is 1. The molecule has 0 aliphatic carbocycles. The third kappa shape index (κ3) is 3.49. The summed E-state index contributed by atoms with van der Waals surface area (Å²) in [5, 5.41) is 3.63. The molecule has 0 atom stereocenters. The molecule has 1 heterocycles. The topological polar surface area (TPSA) is 15.3 Å². The Morgan fingerprint density at radius 2 is 1.72 bits per heavy atom. The number of anilines is 1. The van der Waals surface area contributed by atoms with Crippen molar-refractivity contribution in [3.8, 4) is 0 Å². The Hall–Kier alpha value is -1.02. The molecular weight excluding hydrogens is 220 g/mol. The van der Waals surface area contributed by atoms with E-state index >= 15 is 0 Å². The van der Waals surface area contributed by atoms with Crippen LogP contribution < -0.4 is 10.2 Å². The molecule has 2 rings (SSSR count). The maximum absolute atomic E-state index is 3.63. The van der Waals surface area contributed by atoms with Gasteiger partial charge in [0.1, 0.15) is 0 Å². The zero-order valence-electron chi connectivity index (χ0n) is 12.2. The molecule has 0 radical (unpaired) electrons. The summed E-state index contributed by atoms with van der Waals surface area (Å²) >= 11 is 0. The van der Waals surface area contributed by atoms with E-state index in [9.17, 15) is 0 Å². The van der Waals surface area contributed by atoms with Gasteiger partial charge in [-0.2, -0.15) is 0 Å². The Kier molecular flexibility index (Phi) is 3.96. The Balaban J connectivity index is 2.15. The molecule has 18 heavy (non-hydrogen) atoms. The predicted octanol–water partition coefficient (Wildman–Crippen LogP) is 3.27. The zero-order chi connectivity index (χ0) is 13.2. The Morgan fingerprint density at radius 3 is 2.39 bits per heavy atom. The standard InChI is InChI=1S/C16H26N2/c1-13-10-14(2)12-15(11-13)18-8-5-7-17-16(3,4)6-9-18/h10-12,17H,5-9H2,1-4H3. The molecule has 1 N–H and O–H groups in total. The summed E-state index contributed by atoms with van der Waals surface area (Å²) in [4.78, 5) is 2.54. The van der Waals surface area contributed by atoms with Gasteiger partial charge in [0.25, 0.3) is 0 Å². The lowest BCUT2D eigenvalue weighted by Gasteiger charge is -2.35. The summed E-state index contributed by atoms with van der Waals surface area (Å²) < 4.78 is 0. The number of nitrogens with zero attached hydrogens (tertiary/aromatic N) is 1. The Morgan fingerprint density at radius 1 is 1.06 bits per heavy atom. The van der Waals surface area contributed by atoms with Crippen LogP contribution in [0, 0.1) is 13.8 Å². The third-order valence-corrected chi connectivity index (χ3v) is 3.79. The fourth-order valence-electron chi connectivity index (χ4n) is 2.70. The SMILES string of the molecule is Cc1cc(C)cc(N2CCCNC(C)(C)CC2)c1. The van der Waals surface area contributed by atoms with Crippen LogP contribution in [0.2, 0.25) is 0 Å². The van der Waals surface area contributed by atoms with Crippen LogP contribution >= 0.6 is 0 Å². The number of hydrogen-bond acceptors (Lipinski definition) is 2. The van der Waals surface area contributed by atoms with Gasteiger partial charge in [-0.1, -0.05) is 6.07 Å².